The highest BCUT2D eigenvalue weighted by Crippen LogP contribution is 2.39. The Labute approximate surface area is 99.5 Å². The van der Waals surface area contributed by atoms with Gasteiger partial charge in [0.15, 0.2) is 0 Å². The summed E-state index contributed by atoms with van der Waals surface area (Å²) in [6, 6.07) is 2.12. The molecule has 1 fully saturated rings. The largest absolute Gasteiger partial charge is 0.360 e. The molecule has 1 aliphatic rings. The highest BCUT2D eigenvalue weighted by atomic mass is 79.9. The lowest BCUT2D eigenvalue weighted by atomic mass is 9.76. The van der Waals surface area contributed by atoms with Crippen LogP contribution in [0.15, 0.2) is 10.6 Å². The van der Waals surface area contributed by atoms with Gasteiger partial charge in [-0.25, -0.2) is 0 Å². The van der Waals surface area contributed by atoms with Crippen LogP contribution in [-0.2, 0) is 5.33 Å². The summed E-state index contributed by atoms with van der Waals surface area (Å²) in [6.07, 6.45) is 6.64. The minimum Gasteiger partial charge on any atom is -0.360 e. The van der Waals surface area contributed by atoms with Crippen molar-refractivity contribution in [2.75, 3.05) is 0 Å². The van der Waals surface area contributed by atoms with Gasteiger partial charge in [-0.2, -0.15) is 0 Å². The second-order valence-corrected chi connectivity index (χ2v) is 4.97. The summed E-state index contributed by atoms with van der Waals surface area (Å²) in [5.41, 5.74) is 1.18. The summed E-state index contributed by atoms with van der Waals surface area (Å²) >= 11 is 3.39. The Morgan fingerprint density at radius 2 is 2.27 bits per heavy atom. The Hall–Kier alpha value is -0.310. The van der Waals surface area contributed by atoms with Crippen molar-refractivity contribution >= 4 is 15.9 Å². The normalized spacial score (nSPS) is 26.8. The zero-order valence-corrected chi connectivity index (χ0v) is 10.8. The molecule has 1 aliphatic carbocycles. The first kappa shape index (κ1) is 11.2. The highest BCUT2D eigenvalue weighted by molar-refractivity contribution is 9.08. The maximum atomic E-state index is 5.26. The number of nitrogens with zero attached hydrogens (tertiary/aromatic N) is 1. The maximum Gasteiger partial charge on any atom is 0.147 e. The molecule has 2 rings (SSSR count). The highest BCUT2D eigenvalue weighted by Gasteiger charge is 2.27. The molecule has 2 nitrogen and oxygen atoms in total. The quantitative estimate of drug-likeness (QED) is 0.769. The van der Waals surface area contributed by atoms with E-state index in [1.165, 1.54) is 37.8 Å². The molecule has 0 N–H and O–H groups in total. The van der Waals surface area contributed by atoms with Crippen LogP contribution in [0.4, 0.5) is 0 Å². The van der Waals surface area contributed by atoms with Gasteiger partial charge in [0.05, 0.1) is 11.0 Å². The molecule has 15 heavy (non-hydrogen) atoms. The van der Waals surface area contributed by atoms with E-state index in [1.54, 1.807) is 0 Å². The Morgan fingerprint density at radius 1 is 1.47 bits per heavy atom. The first-order valence-corrected chi connectivity index (χ1v) is 6.98. The first-order chi connectivity index (χ1) is 7.35. The zero-order chi connectivity index (χ0) is 10.7. The molecule has 0 spiro atoms. The molecular weight excluding hydrogens is 254 g/mol. The van der Waals surface area contributed by atoms with E-state index in [-0.39, 0.29) is 0 Å². The van der Waals surface area contributed by atoms with Gasteiger partial charge in [0, 0.05) is 12.0 Å². The van der Waals surface area contributed by atoms with E-state index in [0.29, 0.717) is 5.92 Å². The Balaban J connectivity index is 2.12. The van der Waals surface area contributed by atoms with Gasteiger partial charge in [0.2, 0.25) is 0 Å². The van der Waals surface area contributed by atoms with Crippen LogP contribution in [0.3, 0.4) is 0 Å². The van der Waals surface area contributed by atoms with Gasteiger partial charge in [-0.3, -0.25) is 0 Å². The van der Waals surface area contributed by atoms with Crippen molar-refractivity contribution in [2.24, 2.45) is 5.92 Å². The number of alkyl halides is 1. The molecule has 0 amide bonds. The van der Waals surface area contributed by atoms with Gasteiger partial charge >= 0.3 is 0 Å². The third-order valence-corrected chi connectivity index (χ3v) is 4.07. The summed E-state index contributed by atoms with van der Waals surface area (Å²) in [7, 11) is 0. The van der Waals surface area contributed by atoms with E-state index in [2.05, 4.69) is 34.1 Å². The number of aromatic nitrogens is 1. The summed E-state index contributed by atoms with van der Waals surface area (Å²) in [5.74, 6) is 2.40. The van der Waals surface area contributed by atoms with Gasteiger partial charge < -0.3 is 4.52 Å². The van der Waals surface area contributed by atoms with Crippen LogP contribution < -0.4 is 0 Å². The van der Waals surface area contributed by atoms with Gasteiger partial charge in [-0.05, 0) is 18.8 Å². The van der Waals surface area contributed by atoms with Crippen LogP contribution in [0, 0.1) is 5.92 Å². The Kier molecular flexibility index (Phi) is 3.84. The molecule has 1 aromatic rings. The maximum absolute atomic E-state index is 5.26. The molecule has 0 saturated heterocycles. The topological polar surface area (TPSA) is 26.0 Å². The molecule has 0 radical (unpaired) electrons. The van der Waals surface area contributed by atoms with Crippen molar-refractivity contribution < 1.29 is 4.52 Å². The molecule has 0 aromatic carbocycles. The van der Waals surface area contributed by atoms with Gasteiger partial charge in [-0.1, -0.05) is 47.3 Å². The molecule has 0 bridgehead atoms. The predicted molar refractivity (Wildman–Crippen MR) is 64.1 cm³/mol. The van der Waals surface area contributed by atoms with Gasteiger partial charge in [0.1, 0.15) is 5.76 Å². The average molecular weight is 272 g/mol. The summed E-state index contributed by atoms with van der Waals surface area (Å²) < 4.78 is 5.26. The van der Waals surface area contributed by atoms with Gasteiger partial charge in [-0.15, -0.1) is 0 Å². The van der Waals surface area contributed by atoms with E-state index in [1.807, 2.05) is 0 Å². The molecular formula is C12H18BrNO. The van der Waals surface area contributed by atoms with E-state index in [9.17, 15) is 0 Å². The van der Waals surface area contributed by atoms with Crippen LogP contribution in [0.2, 0.25) is 0 Å². The molecule has 2 unspecified atom stereocenters. The van der Waals surface area contributed by atoms with Crippen LogP contribution >= 0.6 is 15.9 Å². The second kappa shape index (κ2) is 5.15. The second-order valence-electron chi connectivity index (χ2n) is 4.41. The van der Waals surface area contributed by atoms with Crippen molar-refractivity contribution in [3.05, 3.63) is 17.5 Å². The van der Waals surface area contributed by atoms with E-state index in [4.69, 9.17) is 4.52 Å². The third kappa shape index (κ3) is 2.44. The zero-order valence-electron chi connectivity index (χ0n) is 9.21. The van der Waals surface area contributed by atoms with Crippen molar-refractivity contribution in [1.82, 2.24) is 5.16 Å². The van der Waals surface area contributed by atoms with E-state index in [0.717, 1.165) is 17.0 Å². The summed E-state index contributed by atoms with van der Waals surface area (Å²) in [6.45, 7) is 2.29. The lowest BCUT2D eigenvalue weighted by molar-refractivity contribution is 0.282. The molecule has 3 heteroatoms. The summed E-state index contributed by atoms with van der Waals surface area (Å²) in [5, 5.41) is 4.97. The summed E-state index contributed by atoms with van der Waals surface area (Å²) in [4.78, 5) is 0. The minimum absolute atomic E-state index is 0.639. The number of hydrogen-bond acceptors (Lipinski definition) is 2. The lowest BCUT2D eigenvalue weighted by Gasteiger charge is -2.28. The fraction of sp³-hybridized carbons (Fsp3) is 0.750. The molecule has 0 aliphatic heterocycles. The van der Waals surface area contributed by atoms with Crippen molar-refractivity contribution in [1.29, 1.82) is 0 Å². The Morgan fingerprint density at radius 3 is 2.93 bits per heavy atom. The molecule has 84 valence electrons. The van der Waals surface area contributed by atoms with Gasteiger partial charge in [0.25, 0.3) is 0 Å². The van der Waals surface area contributed by atoms with E-state index < -0.39 is 0 Å². The third-order valence-electron chi connectivity index (χ3n) is 3.52. The monoisotopic (exact) mass is 271 g/mol. The fourth-order valence-corrected chi connectivity index (χ4v) is 2.92. The fourth-order valence-electron chi connectivity index (χ4n) is 2.65. The molecule has 1 heterocycles. The number of hydrogen-bond donors (Lipinski definition) is 0. The molecule has 1 aromatic heterocycles. The van der Waals surface area contributed by atoms with Crippen molar-refractivity contribution in [3.63, 3.8) is 0 Å². The van der Waals surface area contributed by atoms with Crippen molar-refractivity contribution in [3.8, 4) is 0 Å². The average Bonchev–Trinajstić information content (AvgIpc) is 2.77. The van der Waals surface area contributed by atoms with Crippen LogP contribution in [0.5, 0.6) is 0 Å². The first-order valence-electron chi connectivity index (χ1n) is 5.86. The molecule has 1 saturated carbocycles. The standard InChI is InChI=1S/C12H18BrNO/c1-2-9-5-3-4-6-11(9)12-7-10(8-13)15-14-12/h7,9,11H,2-6,8H2,1H3. The number of halogens is 1. The van der Waals surface area contributed by atoms with Crippen molar-refractivity contribution in [2.45, 2.75) is 50.3 Å². The smallest absolute Gasteiger partial charge is 0.147 e. The Bertz CT molecular complexity index is 310. The SMILES string of the molecule is CCC1CCCCC1c1cc(CBr)on1. The minimum atomic E-state index is 0.639. The number of rotatable bonds is 3. The predicted octanol–water partition coefficient (Wildman–Crippen LogP) is 4.25. The lowest BCUT2D eigenvalue weighted by Crippen LogP contribution is -2.17. The van der Waals surface area contributed by atoms with Crippen LogP contribution in [0.1, 0.15) is 56.4 Å². The molecule has 2 atom stereocenters. The van der Waals surface area contributed by atoms with E-state index >= 15 is 0 Å². The van der Waals surface area contributed by atoms with Crippen LogP contribution in [-0.4, -0.2) is 5.16 Å². The van der Waals surface area contributed by atoms with Crippen LogP contribution in [0.25, 0.3) is 0 Å².